The molecule has 1 aromatic carbocycles. The number of rotatable bonds is 6. The number of carbonyl (C=O) groups is 3. The van der Waals surface area contributed by atoms with Gasteiger partial charge < -0.3 is 19.7 Å². The van der Waals surface area contributed by atoms with Crippen LogP contribution in [0.3, 0.4) is 0 Å². The quantitative estimate of drug-likeness (QED) is 0.671. The average Bonchev–Trinajstić information content (AvgIpc) is 3.22. The Morgan fingerprint density at radius 3 is 2.38 bits per heavy atom. The standard InChI is InChI=1S/C25H36N2O5/c1-25(2,3)32-24(30)27-16-10-15-20(27)22(23(29)26-19-13-8-5-9-14-19)31-21(28)17-18-11-6-4-7-12-18/h4,6-7,11-12,19-20,22H,5,8-10,13-17H2,1-3H3,(H,26,29)/t20-,22?/m0/s1. The van der Waals surface area contributed by atoms with Crippen LogP contribution >= 0.6 is 0 Å². The zero-order chi connectivity index (χ0) is 23.1. The van der Waals surface area contributed by atoms with Gasteiger partial charge in [-0.1, -0.05) is 49.6 Å². The van der Waals surface area contributed by atoms with Crippen molar-refractivity contribution in [1.82, 2.24) is 10.2 Å². The molecule has 1 saturated heterocycles. The van der Waals surface area contributed by atoms with Crippen molar-refractivity contribution in [3.05, 3.63) is 35.9 Å². The number of nitrogens with one attached hydrogen (secondary N) is 1. The molecule has 1 aliphatic heterocycles. The molecular weight excluding hydrogens is 408 g/mol. The molecule has 2 aliphatic rings. The van der Waals surface area contributed by atoms with Crippen LogP contribution in [0.4, 0.5) is 4.79 Å². The smallest absolute Gasteiger partial charge is 0.410 e. The molecule has 7 nitrogen and oxygen atoms in total. The van der Waals surface area contributed by atoms with Gasteiger partial charge in [-0.2, -0.15) is 0 Å². The zero-order valence-electron chi connectivity index (χ0n) is 19.5. The van der Waals surface area contributed by atoms with Crippen LogP contribution in [0.2, 0.25) is 0 Å². The average molecular weight is 445 g/mol. The summed E-state index contributed by atoms with van der Waals surface area (Å²) in [6.07, 6.45) is 5.05. The van der Waals surface area contributed by atoms with Crippen molar-refractivity contribution < 1.29 is 23.9 Å². The molecule has 2 amide bonds. The third kappa shape index (κ3) is 6.97. The van der Waals surface area contributed by atoms with Crippen molar-refractivity contribution in [1.29, 1.82) is 0 Å². The Labute approximate surface area is 190 Å². The molecular formula is C25H36N2O5. The molecule has 7 heteroatoms. The predicted molar refractivity (Wildman–Crippen MR) is 121 cm³/mol. The van der Waals surface area contributed by atoms with Crippen LogP contribution in [0.25, 0.3) is 0 Å². The summed E-state index contributed by atoms with van der Waals surface area (Å²) < 4.78 is 11.3. The van der Waals surface area contributed by atoms with Crippen LogP contribution in [0.5, 0.6) is 0 Å². The third-order valence-corrected chi connectivity index (χ3v) is 5.94. The molecule has 3 rings (SSSR count). The summed E-state index contributed by atoms with van der Waals surface area (Å²) in [5.74, 6) is -0.796. The summed E-state index contributed by atoms with van der Waals surface area (Å²) in [5, 5.41) is 3.08. The Bertz CT molecular complexity index is 783. The summed E-state index contributed by atoms with van der Waals surface area (Å²) in [4.78, 5) is 40.4. The molecule has 1 aliphatic carbocycles. The van der Waals surface area contributed by atoms with Crippen LogP contribution in [-0.2, 0) is 25.5 Å². The van der Waals surface area contributed by atoms with E-state index >= 15 is 0 Å². The molecule has 0 spiro atoms. The molecule has 1 N–H and O–H groups in total. The van der Waals surface area contributed by atoms with Gasteiger partial charge in [-0.15, -0.1) is 0 Å². The van der Waals surface area contributed by atoms with Crippen molar-refractivity contribution in [2.24, 2.45) is 0 Å². The fraction of sp³-hybridized carbons (Fsp3) is 0.640. The van der Waals surface area contributed by atoms with E-state index < -0.39 is 29.8 Å². The number of benzene rings is 1. The van der Waals surface area contributed by atoms with Crippen LogP contribution in [0, 0.1) is 0 Å². The minimum atomic E-state index is -1.05. The van der Waals surface area contributed by atoms with E-state index in [1.165, 1.54) is 6.42 Å². The monoisotopic (exact) mass is 444 g/mol. The zero-order valence-corrected chi connectivity index (χ0v) is 19.5. The first-order valence-corrected chi connectivity index (χ1v) is 11.8. The maximum atomic E-state index is 13.3. The maximum Gasteiger partial charge on any atom is 0.410 e. The SMILES string of the molecule is CC(C)(C)OC(=O)N1CCC[C@H]1C(OC(=O)Cc1ccccc1)C(=O)NC1CCCCC1. The first-order chi connectivity index (χ1) is 15.2. The molecule has 2 atom stereocenters. The highest BCUT2D eigenvalue weighted by molar-refractivity contribution is 5.86. The van der Waals surface area contributed by atoms with E-state index in [1.807, 2.05) is 51.1 Å². The van der Waals surface area contributed by atoms with Crippen molar-refractivity contribution in [3.63, 3.8) is 0 Å². The van der Waals surface area contributed by atoms with E-state index in [1.54, 1.807) is 4.90 Å². The van der Waals surface area contributed by atoms with Crippen molar-refractivity contribution >= 4 is 18.0 Å². The minimum Gasteiger partial charge on any atom is -0.450 e. The van der Waals surface area contributed by atoms with Crippen LogP contribution < -0.4 is 5.32 Å². The van der Waals surface area contributed by atoms with Gasteiger partial charge >= 0.3 is 12.1 Å². The second-order valence-electron chi connectivity index (χ2n) is 9.80. The Morgan fingerprint density at radius 2 is 1.72 bits per heavy atom. The molecule has 1 heterocycles. The van der Waals surface area contributed by atoms with E-state index in [9.17, 15) is 14.4 Å². The van der Waals surface area contributed by atoms with Crippen LogP contribution in [-0.4, -0.2) is 53.2 Å². The molecule has 1 aromatic rings. The summed E-state index contributed by atoms with van der Waals surface area (Å²) in [6, 6.07) is 8.85. The summed E-state index contributed by atoms with van der Waals surface area (Å²) in [5.41, 5.74) is 0.174. The fourth-order valence-electron chi connectivity index (χ4n) is 4.44. The third-order valence-electron chi connectivity index (χ3n) is 5.94. The van der Waals surface area contributed by atoms with Gasteiger partial charge in [-0.3, -0.25) is 9.59 Å². The van der Waals surface area contributed by atoms with Gasteiger partial charge in [0.25, 0.3) is 5.91 Å². The Kier molecular flexibility index (Phi) is 8.15. The molecule has 0 aromatic heterocycles. The van der Waals surface area contributed by atoms with Gasteiger partial charge in [-0.05, 0) is 52.0 Å². The lowest BCUT2D eigenvalue weighted by Gasteiger charge is -2.33. The van der Waals surface area contributed by atoms with Crippen molar-refractivity contribution in [2.45, 2.75) is 95.9 Å². The number of nitrogens with zero attached hydrogens (tertiary/aromatic N) is 1. The number of hydrogen-bond acceptors (Lipinski definition) is 5. The normalized spacial score (nSPS) is 20.5. The number of esters is 1. The first-order valence-electron chi connectivity index (χ1n) is 11.8. The minimum absolute atomic E-state index is 0.0766. The van der Waals surface area contributed by atoms with Crippen LogP contribution in [0.15, 0.2) is 30.3 Å². The van der Waals surface area contributed by atoms with Gasteiger partial charge in [0.1, 0.15) is 5.60 Å². The second kappa shape index (κ2) is 10.8. The van der Waals surface area contributed by atoms with Crippen molar-refractivity contribution in [3.8, 4) is 0 Å². The molecule has 32 heavy (non-hydrogen) atoms. The van der Waals surface area contributed by atoms with E-state index in [0.29, 0.717) is 13.0 Å². The van der Waals surface area contributed by atoms with Gasteiger partial charge in [0.15, 0.2) is 6.10 Å². The number of carbonyl (C=O) groups excluding carboxylic acids is 3. The highest BCUT2D eigenvalue weighted by Crippen LogP contribution is 2.26. The van der Waals surface area contributed by atoms with Crippen molar-refractivity contribution in [2.75, 3.05) is 6.54 Å². The van der Waals surface area contributed by atoms with Gasteiger partial charge in [0.2, 0.25) is 0 Å². The Balaban J connectivity index is 1.74. The molecule has 176 valence electrons. The number of likely N-dealkylation sites (tertiary alicyclic amines) is 1. The fourth-order valence-corrected chi connectivity index (χ4v) is 4.44. The summed E-state index contributed by atoms with van der Waals surface area (Å²) in [6.45, 7) is 5.90. The van der Waals surface area contributed by atoms with Gasteiger partial charge in [0, 0.05) is 12.6 Å². The lowest BCUT2D eigenvalue weighted by molar-refractivity contribution is -0.159. The van der Waals surface area contributed by atoms with E-state index in [2.05, 4.69) is 5.32 Å². The molecule has 1 saturated carbocycles. The number of hydrogen-bond donors (Lipinski definition) is 1. The Hall–Kier alpha value is -2.57. The predicted octanol–water partition coefficient (Wildman–Crippen LogP) is 3.99. The lowest BCUT2D eigenvalue weighted by Crippen LogP contribution is -2.54. The van der Waals surface area contributed by atoms with E-state index in [-0.39, 0.29) is 18.4 Å². The second-order valence-corrected chi connectivity index (χ2v) is 9.80. The highest BCUT2D eigenvalue weighted by atomic mass is 16.6. The molecule has 0 radical (unpaired) electrons. The topological polar surface area (TPSA) is 84.9 Å². The van der Waals surface area contributed by atoms with E-state index in [4.69, 9.17) is 9.47 Å². The van der Waals surface area contributed by atoms with E-state index in [0.717, 1.165) is 37.7 Å². The first kappa shape index (κ1) is 24.1. The largest absolute Gasteiger partial charge is 0.450 e. The Morgan fingerprint density at radius 1 is 1.03 bits per heavy atom. The number of amides is 2. The lowest BCUT2D eigenvalue weighted by atomic mass is 9.95. The van der Waals surface area contributed by atoms with Gasteiger partial charge in [0.05, 0.1) is 12.5 Å². The summed E-state index contributed by atoms with van der Waals surface area (Å²) in [7, 11) is 0. The molecule has 1 unspecified atom stereocenters. The molecule has 2 fully saturated rings. The summed E-state index contributed by atoms with van der Waals surface area (Å²) >= 11 is 0. The number of ether oxygens (including phenoxy) is 2. The van der Waals surface area contributed by atoms with Crippen LogP contribution in [0.1, 0.15) is 71.3 Å². The van der Waals surface area contributed by atoms with Gasteiger partial charge in [-0.25, -0.2) is 4.79 Å². The maximum absolute atomic E-state index is 13.3. The highest BCUT2D eigenvalue weighted by Gasteiger charge is 2.43. The molecule has 0 bridgehead atoms.